The Hall–Kier alpha value is -2.41. The fourth-order valence-corrected chi connectivity index (χ4v) is 2.40. The van der Waals surface area contributed by atoms with Crippen LogP contribution in [0.4, 0.5) is 0 Å². The highest BCUT2D eigenvalue weighted by atomic mass is 14.6. The van der Waals surface area contributed by atoms with Crippen molar-refractivity contribution >= 4 is 0 Å². The van der Waals surface area contributed by atoms with E-state index in [2.05, 4.69) is 60.4 Å². The van der Waals surface area contributed by atoms with E-state index < -0.39 is 0 Å². The van der Waals surface area contributed by atoms with Gasteiger partial charge in [0.1, 0.15) is 0 Å². The molecular weight excluding hydrogens is 230 g/mol. The summed E-state index contributed by atoms with van der Waals surface area (Å²) in [6.45, 7) is 2.17. The molecule has 1 nitrogen and oxygen atoms in total. The number of benzene rings is 2. The fraction of sp³-hybridized carbons (Fsp3) is 0.0556. The molecule has 3 rings (SSSR count). The lowest BCUT2D eigenvalue weighted by molar-refractivity contribution is 1.32. The summed E-state index contributed by atoms with van der Waals surface area (Å²) in [6, 6.07) is 21.0. The topological polar surface area (TPSA) is 12.9 Å². The van der Waals surface area contributed by atoms with Gasteiger partial charge in [0.25, 0.3) is 0 Å². The van der Waals surface area contributed by atoms with Crippen molar-refractivity contribution in [3.8, 4) is 22.3 Å². The second-order valence-electron chi connectivity index (χ2n) is 4.59. The minimum absolute atomic E-state index is 1.16. The first-order valence-electron chi connectivity index (χ1n) is 6.42. The van der Waals surface area contributed by atoms with Crippen molar-refractivity contribution in [2.45, 2.75) is 6.92 Å². The van der Waals surface area contributed by atoms with E-state index in [1.54, 1.807) is 6.20 Å². The number of nitrogens with zero attached hydrogens (tertiary/aromatic N) is 1. The maximum absolute atomic E-state index is 4.20. The van der Waals surface area contributed by atoms with E-state index in [-0.39, 0.29) is 0 Å². The summed E-state index contributed by atoms with van der Waals surface area (Å²) in [7, 11) is 0. The Labute approximate surface area is 113 Å². The third-order valence-corrected chi connectivity index (χ3v) is 3.39. The third-order valence-electron chi connectivity index (χ3n) is 3.39. The van der Waals surface area contributed by atoms with Crippen molar-refractivity contribution in [1.82, 2.24) is 4.98 Å². The van der Waals surface area contributed by atoms with Gasteiger partial charge in [0.15, 0.2) is 0 Å². The molecule has 0 saturated heterocycles. The van der Waals surface area contributed by atoms with E-state index in [1.807, 2.05) is 18.3 Å². The molecule has 0 spiro atoms. The van der Waals surface area contributed by atoms with Crippen LogP contribution < -0.4 is 0 Å². The van der Waals surface area contributed by atoms with Gasteiger partial charge in [-0.1, -0.05) is 54.6 Å². The summed E-state index contributed by atoms with van der Waals surface area (Å²) in [5.74, 6) is 0. The minimum Gasteiger partial charge on any atom is -0.264 e. The largest absolute Gasteiger partial charge is 0.264 e. The number of hydrogen-bond donors (Lipinski definition) is 0. The van der Waals surface area contributed by atoms with Gasteiger partial charge >= 0.3 is 0 Å². The molecular formula is C18H15N. The zero-order valence-electron chi connectivity index (χ0n) is 10.9. The summed E-state index contributed by atoms with van der Waals surface area (Å²) in [4.78, 5) is 4.20. The van der Waals surface area contributed by atoms with Gasteiger partial charge in [0, 0.05) is 18.0 Å². The third kappa shape index (κ3) is 2.27. The fourth-order valence-electron chi connectivity index (χ4n) is 2.40. The number of pyridine rings is 1. The molecule has 0 bridgehead atoms. The summed E-state index contributed by atoms with van der Waals surface area (Å²) in [5.41, 5.74) is 6.24. The van der Waals surface area contributed by atoms with Crippen LogP contribution in [0.15, 0.2) is 73.1 Å². The SMILES string of the molecule is Cc1c(-c2ccccc2)cccc1-c1cccnc1. The van der Waals surface area contributed by atoms with Gasteiger partial charge in [-0.05, 0) is 35.2 Å². The van der Waals surface area contributed by atoms with Gasteiger partial charge < -0.3 is 0 Å². The Morgan fingerprint density at radius 3 is 2.05 bits per heavy atom. The Kier molecular flexibility index (Phi) is 3.11. The number of rotatable bonds is 2. The van der Waals surface area contributed by atoms with E-state index in [0.717, 1.165) is 5.56 Å². The molecule has 0 atom stereocenters. The molecule has 0 radical (unpaired) electrons. The van der Waals surface area contributed by atoms with Gasteiger partial charge in [-0.15, -0.1) is 0 Å². The lowest BCUT2D eigenvalue weighted by atomic mass is 9.93. The smallest absolute Gasteiger partial charge is 0.0346 e. The zero-order chi connectivity index (χ0) is 13.1. The molecule has 1 heterocycles. The molecule has 0 aliphatic carbocycles. The van der Waals surface area contributed by atoms with E-state index in [4.69, 9.17) is 0 Å². The molecule has 1 aromatic heterocycles. The monoisotopic (exact) mass is 245 g/mol. The van der Waals surface area contributed by atoms with E-state index in [1.165, 1.54) is 22.3 Å². The molecule has 92 valence electrons. The summed E-state index contributed by atoms with van der Waals surface area (Å²) in [6.07, 6.45) is 3.72. The first-order valence-corrected chi connectivity index (χ1v) is 6.42. The number of aromatic nitrogens is 1. The molecule has 0 aliphatic rings. The molecule has 19 heavy (non-hydrogen) atoms. The Balaban J connectivity index is 2.15. The predicted octanol–water partition coefficient (Wildman–Crippen LogP) is 4.72. The van der Waals surface area contributed by atoms with Crippen molar-refractivity contribution in [3.05, 3.63) is 78.6 Å². The van der Waals surface area contributed by atoms with Crippen LogP contribution in [0.2, 0.25) is 0 Å². The Bertz CT molecular complexity index is 615. The van der Waals surface area contributed by atoms with Crippen LogP contribution in [0.1, 0.15) is 5.56 Å². The summed E-state index contributed by atoms with van der Waals surface area (Å²) >= 11 is 0. The van der Waals surface area contributed by atoms with Crippen LogP contribution in [0.3, 0.4) is 0 Å². The predicted molar refractivity (Wildman–Crippen MR) is 79.8 cm³/mol. The minimum atomic E-state index is 1.16. The van der Waals surface area contributed by atoms with Crippen molar-refractivity contribution in [3.63, 3.8) is 0 Å². The van der Waals surface area contributed by atoms with Crippen LogP contribution in [0.5, 0.6) is 0 Å². The second kappa shape index (κ2) is 5.07. The van der Waals surface area contributed by atoms with E-state index in [0.29, 0.717) is 0 Å². The Morgan fingerprint density at radius 2 is 1.37 bits per heavy atom. The van der Waals surface area contributed by atoms with Crippen LogP contribution >= 0.6 is 0 Å². The quantitative estimate of drug-likeness (QED) is 0.636. The molecule has 0 fully saturated rings. The van der Waals surface area contributed by atoms with Crippen molar-refractivity contribution in [2.75, 3.05) is 0 Å². The van der Waals surface area contributed by atoms with Crippen molar-refractivity contribution in [1.29, 1.82) is 0 Å². The first-order chi connectivity index (χ1) is 9.36. The lowest BCUT2D eigenvalue weighted by Crippen LogP contribution is -1.88. The highest BCUT2D eigenvalue weighted by molar-refractivity contribution is 5.77. The Morgan fingerprint density at radius 1 is 0.684 bits per heavy atom. The first kappa shape index (κ1) is 11.7. The molecule has 0 aliphatic heterocycles. The average Bonchev–Trinajstić information content (AvgIpc) is 2.49. The van der Waals surface area contributed by atoms with Crippen LogP contribution in [0, 0.1) is 6.92 Å². The van der Waals surface area contributed by atoms with Crippen LogP contribution in [0.25, 0.3) is 22.3 Å². The maximum atomic E-state index is 4.20. The number of hydrogen-bond acceptors (Lipinski definition) is 1. The van der Waals surface area contributed by atoms with Gasteiger partial charge in [-0.3, -0.25) is 4.98 Å². The summed E-state index contributed by atoms with van der Waals surface area (Å²) < 4.78 is 0. The second-order valence-corrected chi connectivity index (χ2v) is 4.59. The van der Waals surface area contributed by atoms with E-state index in [9.17, 15) is 0 Å². The normalized spacial score (nSPS) is 10.4. The van der Waals surface area contributed by atoms with Crippen molar-refractivity contribution in [2.24, 2.45) is 0 Å². The van der Waals surface area contributed by atoms with E-state index >= 15 is 0 Å². The standard InChI is InChI=1S/C18H15N/c1-14-17(15-7-3-2-4-8-15)10-5-11-18(14)16-9-6-12-19-13-16/h2-13H,1H3. The lowest BCUT2D eigenvalue weighted by Gasteiger charge is -2.11. The molecule has 0 saturated carbocycles. The van der Waals surface area contributed by atoms with Gasteiger partial charge in [0.2, 0.25) is 0 Å². The van der Waals surface area contributed by atoms with Crippen molar-refractivity contribution < 1.29 is 0 Å². The van der Waals surface area contributed by atoms with Gasteiger partial charge in [0.05, 0.1) is 0 Å². The van der Waals surface area contributed by atoms with Crippen LogP contribution in [-0.4, -0.2) is 4.98 Å². The maximum Gasteiger partial charge on any atom is 0.0346 e. The van der Waals surface area contributed by atoms with Crippen LogP contribution in [-0.2, 0) is 0 Å². The molecule has 0 unspecified atom stereocenters. The zero-order valence-corrected chi connectivity index (χ0v) is 10.9. The molecule has 2 aromatic carbocycles. The van der Waals surface area contributed by atoms with Gasteiger partial charge in [-0.2, -0.15) is 0 Å². The molecule has 3 aromatic rings. The highest BCUT2D eigenvalue weighted by Gasteiger charge is 2.07. The highest BCUT2D eigenvalue weighted by Crippen LogP contribution is 2.31. The molecule has 1 heteroatoms. The summed E-state index contributed by atoms with van der Waals surface area (Å²) in [5, 5.41) is 0. The molecule has 0 N–H and O–H groups in total. The molecule has 0 amide bonds. The van der Waals surface area contributed by atoms with Gasteiger partial charge in [-0.25, -0.2) is 0 Å². The average molecular weight is 245 g/mol.